The third kappa shape index (κ3) is 2.69. The normalized spacial score (nSPS) is 16.6. The number of ether oxygens (including phenoxy) is 2. The van der Waals surface area contributed by atoms with E-state index in [0.717, 1.165) is 44.8 Å². The summed E-state index contributed by atoms with van der Waals surface area (Å²) in [7, 11) is 0. The lowest BCUT2D eigenvalue weighted by Crippen LogP contribution is -2.38. The second kappa shape index (κ2) is 6.31. The van der Waals surface area contributed by atoms with Gasteiger partial charge in [-0.3, -0.25) is 0 Å². The molecule has 4 nitrogen and oxygen atoms in total. The van der Waals surface area contributed by atoms with E-state index in [9.17, 15) is 0 Å². The van der Waals surface area contributed by atoms with Crippen LogP contribution in [0.15, 0.2) is 89.9 Å². The second-order valence-corrected chi connectivity index (χ2v) is 7.10. The molecule has 1 atom stereocenters. The quantitative estimate of drug-likeness (QED) is 0.383. The van der Waals surface area contributed by atoms with Gasteiger partial charge in [0.05, 0.1) is 5.56 Å². The summed E-state index contributed by atoms with van der Waals surface area (Å²) in [6.45, 7) is 0. The first-order valence-electron chi connectivity index (χ1n) is 9.57. The van der Waals surface area contributed by atoms with E-state index < -0.39 is 6.41 Å². The zero-order chi connectivity index (χ0) is 19.2. The zero-order valence-electron chi connectivity index (χ0n) is 15.5. The standard InChI is InChI=1S/C25H17N2O2/c1-2-8-18-14-22-21(13-17(18)7-1)26-15-19-9-3-5-11-23(19)28-25-27(22)16-20-10-4-6-12-24(20)29-25/h1-16,25H/q+1. The third-order valence-electron chi connectivity index (χ3n) is 5.26. The largest absolute Gasteiger partial charge is 0.468 e. The Bertz CT molecular complexity index is 1320. The Kier molecular flexibility index (Phi) is 3.50. The van der Waals surface area contributed by atoms with Gasteiger partial charge >= 0.3 is 6.41 Å². The van der Waals surface area contributed by atoms with Crippen LogP contribution in [0.2, 0.25) is 0 Å². The summed E-state index contributed by atoms with van der Waals surface area (Å²) >= 11 is 0. The molecule has 4 heteroatoms. The minimum Gasteiger partial charge on any atom is -0.401 e. The van der Waals surface area contributed by atoms with Gasteiger partial charge in [0, 0.05) is 17.8 Å². The van der Waals surface area contributed by atoms with Crippen LogP contribution in [0.4, 0.5) is 11.4 Å². The first-order valence-corrected chi connectivity index (χ1v) is 9.57. The Labute approximate surface area is 168 Å². The maximum atomic E-state index is 6.33. The Balaban J connectivity index is 1.65. The van der Waals surface area contributed by atoms with E-state index >= 15 is 0 Å². The molecule has 2 heterocycles. The molecule has 4 aromatic carbocycles. The number of nitrogens with zero attached hydrogens (tertiary/aromatic N) is 2. The Morgan fingerprint density at radius 3 is 2.10 bits per heavy atom. The number of fused-ring (bicyclic) bond motifs is 6. The molecular formula is C25H17N2O2+. The molecule has 2 aliphatic heterocycles. The lowest BCUT2D eigenvalue weighted by Gasteiger charge is -2.22. The molecule has 0 amide bonds. The van der Waals surface area contributed by atoms with Crippen molar-refractivity contribution in [2.45, 2.75) is 6.41 Å². The number of hydrogen-bond donors (Lipinski definition) is 0. The Hall–Kier alpha value is -3.92. The summed E-state index contributed by atoms with van der Waals surface area (Å²) in [6, 6.07) is 28.4. The van der Waals surface area contributed by atoms with Crippen LogP contribution >= 0.6 is 0 Å². The molecular weight excluding hydrogens is 360 g/mol. The summed E-state index contributed by atoms with van der Waals surface area (Å²) in [5, 5.41) is 2.29. The number of aliphatic imine (C=N–C) groups is 1. The predicted molar refractivity (Wildman–Crippen MR) is 114 cm³/mol. The maximum absolute atomic E-state index is 6.33. The van der Waals surface area contributed by atoms with Gasteiger partial charge in [0.25, 0.3) is 0 Å². The molecule has 0 aliphatic carbocycles. The van der Waals surface area contributed by atoms with Crippen molar-refractivity contribution in [1.29, 1.82) is 0 Å². The molecule has 0 fully saturated rings. The van der Waals surface area contributed by atoms with Crippen LogP contribution in [0.3, 0.4) is 0 Å². The fourth-order valence-corrected chi connectivity index (χ4v) is 3.80. The summed E-state index contributed by atoms with van der Waals surface area (Å²) < 4.78 is 14.6. The number of benzene rings is 4. The highest BCUT2D eigenvalue weighted by molar-refractivity contribution is 5.93. The van der Waals surface area contributed by atoms with Crippen molar-refractivity contribution < 1.29 is 14.0 Å². The highest BCUT2D eigenvalue weighted by atomic mass is 16.7. The molecule has 0 saturated heterocycles. The summed E-state index contributed by atoms with van der Waals surface area (Å²) in [6.07, 6.45) is 3.29. The van der Waals surface area contributed by atoms with Crippen molar-refractivity contribution in [2.24, 2.45) is 4.99 Å². The molecule has 29 heavy (non-hydrogen) atoms. The van der Waals surface area contributed by atoms with Gasteiger partial charge in [-0.15, -0.1) is 4.58 Å². The average molecular weight is 377 g/mol. The van der Waals surface area contributed by atoms with Crippen LogP contribution in [0.5, 0.6) is 11.5 Å². The Morgan fingerprint density at radius 1 is 0.690 bits per heavy atom. The van der Waals surface area contributed by atoms with Crippen molar-refractivity contribution >= 4 is 34.6 Å². The minimum atomic E-state index is -0.632. The van der Waals surface area contributed by atoms with Gasteiger partial charge in [0.1, 0.15) is 17.2 Å². The molecule has 138 valence electrons. The molecule has 0 aromatic heterocycles. The van der Waals surface area contributed by atoms with Crippen LogP contribution < -0.4 is 9.47 Å². The van der Waals surface area contributed by atoms with Crippen LogP contribution in [-0.4, -0.2) is 23.4 Å². The van der Waals surface area contributed by atoms with Crippen LogP contribution in [0, 0.1) is 0 Å². The fourth-order valence-electron chi connectivity index (χ4n) is 3.80. The van der Waals surface area contributed by atoms with Gasteiger partial charge in [-0.05, 0) is 41.1 Å². The lowest BCUT2D eigenvalue weighted by molar-refractivity contribution is -0.574. The number of hydrogen-bond acceptors (Lipinski definition) is 3. The van der Waals surface area contributed by atoms with Crippen molar-refractivity contribution in [3.8, 4) is 11.5 Å². The first kappa shape index (κ1) is 16.1. The van der Waals surface area contributed by atoms with Crippen molar-refractivity contribution in [3.05, 3.63) is 96.1 Å². The van der Waals surface area contributed by atoms with Crippen molar-refractivity contribution in [1.82, 2.24) is 0 Å². The van der Waals surface area contributed by atoms with E-state index in [4.69, 9.17) is 14.5 Å². The van der Waals surface area contributed by atoms with Crippen LogP contribution in [-0.2, 0) is 0 Å². The van der Waals surface area contributed by atoms with E-state index in [1.807, 2.05) is 71.5 Å². The second-order valence-electron chi connectivity index (χ2n) is 7.10. The summed E-state index contributed by atoms with van der Waals surface area (Å²) in [5.74, 6) is 1.53. The number of para-hydroxylation sites is 2. The fraction of sp³-hybridized carbons (Fsp3) is 0.0400. The SMILES string of the molecule is C1=Nc2cc3ccccc3cc2[N+]2=Cc3ccccc3OC2Oc2ccccc21. The first-order chi connectivity index (χ1) is 14.3. The van der Waals surface area contributed by atoms with E-state index in [1.54, 1.807) is 0 Å². The third-order valence-corrected chi connectivity index (χ3v) is 5.26. The predicted octanol–water partition coefficient (Wildman–Crippen LogP) is 5.42. The average Bonchev–Trinajstić information content (AvgIpc) is 2.83. The molecule has 0 bridgehead atoms. The Morgan fingerprint density at radius 2 is 1.31 bits per heavy atom. The van der Waals surface area contributed by atoms with Gasteiger partial charge in [-0.2, -0.15) is 0 Å². The van der Waals surface area contributed by atoms with Crippen molar-refractivity contribution in [2.75, 3.05) is 0 Å². The van der Waals surface area contributed by atoms with E-state index in [1.165, 1.54) is 0 Å². The highest BCUT2D eigenvalue weighted by Crippen LogP contribution is 2.37. The van der Waals surface area contributed by atoms with Gasteiger partial charge in [-0.1, -0.05) is 48.5 Å². The van der Waals surface area contributed by atoms with Crippen LogP contribution in [0.1, 0.15) is 11.1 Å². The summed E-state index contributed by atoms with van der Waals surface area (Å²) in [4.78, 5) is 4.82. The minimum absolute atomic E-state index is 0.632. The van der Waals surface area contributed by atoms with Gasteiger partial charge in [-0.25, -0.2) is 4.99 Å². The van der Waals surface area contributed by atoms with Crippen molar-refractivity contribution in [3.63, 3.8) is 0 Å². The molecule has 1 unspecified atom stereocenters. The van der Waals surface area contributed by atoms with E-state index in [0.29, 0.717) is 0 Å². The number of rotatable bonds is 0. The molecule has 2 aliphatic rings. The molecule has 6 rings (SSSR count). The van der Waals surface area contributed by atoms with Gasteiger partial charge in [0.2, 0.25) is 5.69 Å². The smallest absolute Gasteiger partial charge is 0.401 e. The lowest BCUT2D eigenvalue weighted by atomic mass is 10.1. The molecule has 0 spiro atoms. The molecule has 0 saturated carbocycles. The monoisotopic (exact) mass is 377 g/mol. The maximum Gasteiger partial charge on any atom is 0.468 e. The van der Waals surface area contributed by atoms with Gasteiger partial charge < -0.3 is 9.47 Å². The highest BCUT2D eigenvalue weighted by Gasteiger charge is 2.35. The molecule has 0 radical (unpaired) electrons. The zero-order valence-corrected chi connectivity index (χ0v) is 15.5. The van der Waals surface area contributed by atoms with Gasteiger partial charge in [0.15, 0.2) is 6.21 Å². The molecule has 4 aromatic rings. The van der Waals surface area contributed by atoms with Crippen LogP contribution in [0.25, 0.3) is 10.8 Å². The summed E-state index contributed by atoms with van der Waals surface area (Å²) in [5.41, 5.74) is 3.72. The topological polar surface area (TPSA) is 33.8 Å². The molecule has 0 N–H and O–H groups in total. The van der Waals surface area contributed by atoms with E-state index in [-0.39, 0.29) is 0 Å². The van der Waals surface area contributed by atoms with E-state index in [2.05, 4.69) is 30.5 Å².